The molecule has 0 radical (unpaired) electrons. The molecule has 4 rings (SSSR count). The Kier molecular flexibility index (Phi) is 4.78. The van der Waals surface area contributed by atoms with Crippen LogP contribution in [0, 0.1) is 3.57 Å². The molecule has 0 unspecified atom stereocenters. The molecule has 0 saturated carbocycles. The number of esters is 1. The van der Waals surface area contributed by atoms with Gasteiger partial charge in [-0.1, -0.05) is 24.3 Å². The predicted octanol–water partition coefficient (Wildman–Crippen LogP) is 5.66. The van der Waals surface area contributed by atoms with Gasteiger partial charge in [0.15, 0.2) is 5.70 Å². The molecular weight excluding hydrogens is 509 g/mol. The molecule has 4 nitrogen and oxygen atoms in total. The highest BCUT2D eigenvalue weighted by Crippen LogP contribution is 2.27. The van der Waals surface area contributed by atoms with Crippen LogP contribution in [0.4, 0.5) is 0 Å². The lowest BCUT2D eigenvalue weighted by molar-refractivity contribution is -0.129. The highest BCUT2D eigenvalue weighted by atomic mass is 127. The van der Waals surface area contributed by atoms with Gasteiger partial charge in [0.05, 0.1) is 5.56 Å². The van der Waals surface area contributed by atoms with E-state index >= 15 is 0 Å². The van der Waals surface area contributed by atoms with Gasteiger partial charge in [0.1, 0.15) is 11.5 Å². The van der Waals surface area contributed by atoms with Gasteiger partial charge in [-0.15, -0.1) is 0 Å². The van der Waals surface area contributed by atoms with Crippen molar-refractivity contribution in [2.45, 2.75) is 0 Å². The lowest BCUT2D eigenvalue weighted by atomic mass is 10.2. The minimum Gasteiger partial charge on any atom is -0.457 e. The van der Waals surface area contributed by atoms with Crippen LogP contribution >= 0.6 is 38.5 Å². The lowest BCUT2D eigenvalue weighted by Crippen LogP contribution is -2.05. The summed E-state index contributed by atoms with van der Waals surface area (Å²) in [4.78, 5) is 16.4. The largest absolute Gasteiger partial charge is 0.457 e. The van der Waals surface area contributed by atoms with E-state index in [0.29, 0.717) is 5.76 Å². The van der Waals surface area contributed by atoms with E-state index in [4.69, 9.17) is 9.15 Å². The number of aliphatic imine (C=N–C) groups is 1. The number of hydrogen-bond acceptors (Lipinski definition) is 4. The second-order valence-electron chi connectivity index (χ2n) is 5.52. The van der Waals surface area contributed by atoms with Gasteiger partial charge in [0, 0.05) is 19.7 Å². The summed E-state index contributed by atoms with van der Waals surface area (Å²) in [5.41, 5.74) is 1.91. The molecule has 0 fully saturated rings. The number of hydrogen-bond donors (Lipinski definition) is 0. The quantitative estimate of drug-likeness (QED) is 0.255. The average Bonchev–Trinajstić information content (AvgIpc) is 3.24. The molecular formula is C20H11BrINO3. The first-order valence-corrected chi connectivity index (χ1v) is 9.60. The fourth-order valence-corrected chi connectivity index (χ4v) is 3.31. The molecule has 0 bridgehead atoms. The Morgan fingerprint density at radius 2 is 1.77 bits per heavy atom. The number of benzene rings is 2. The minimum absolute atomic E-state index is 0.208. The zero-order chi connectivity index (χ0) is 18.1. The van der Waals surface area contributed by atoms with Crippen LogP contribution in [0.5, 0.6) is 0 Å². The standard InChI is InChI=1S/C20H11BrINO3/c21-16-4-2-1-3-15(16)19-23-17(20(24)26-19)11-14-9-10-18(25-14)12-5-7-13(22)8-6-12/h1-11H. The molecule has 26 heavy (non-hydrogen) atoms. The van der Waals surface area contributed by atoms with E-state index in [-0.39, 0.29) is 11.6 Å². The van der Waals surface area contributed by atoms with Gasteiger partial charge >= 0.3 is 5.97 Å². The smallest absolute Gasteiger partial charge is 0.363 e. The van der Waals surface area contributed by atoms with Gasteiger partial charge in [-0.25, -0.2) is 9.79 Å². The fourth-order valence-electron chi connectivity index (χ4n) is 2.49. The number of nitrogens with zero attached hydrogens (tertiary/aromatic N) is 1. The molecule has 0 aliphatic carbocycles. The van der Waals surface area contributed by atoms with Gasteiger partial charge in [-0.05, 0) is 74.9 Å². The number of carbonyl (C=O) groups excluding carboxylic acids is 1. The number of ether oxygens (including phenoxy) is 1. The van der Waals surface area contributed by atoms with Crippen molar-refractivity contribution in [2.75, 3.05) is 0 Å². The molecule has 0 spiro atoms. The van der Waals surface area contributed by atoms with Crippen LogP contribution in [-0.2, 0) is 9.53 Å². The zero-order valence-corrected chi connectivity index (χ0v) is 17.0. The van der Waals surface area contributed by atoms with Gasteiger partial charge in [0.25, 0.3) is 0 Å². The first-order valence-electron chi connectivity index (χ1n) is 7.73. The number of carbonyl (C=O) groups is 1. The van der Waals surface area contributed by atoms with Gasteiger partial charge in [-0.2, -0.15) is 0 Å². The van der Waals surface area contributed by atoms with E-state index in [1.165, 1.54) is 0 Å². The summed E-state index contributed by atoms with van der Waals surface area (Å²) in [7, 11) is 0. The Labute approximate surface area is 171 Å². The monoisotopic (exact) mass is 519 g/mol. The molecule has 2 aromatic carbocycles. The molecule has 0 atom stereocenters. The highest BCUT2D eigenvalue weighted by Gasteiger charge is 2.25. The number of halogens is 2. The van der Waals surface area contributed by atoms with E-state index in [2.05, 4.69) is 43.5 Å². The van der Waals surface area contributed by atoms with E-state index < -0.39 is 5.97 Å². The molecule has 3 aromatic rings. The maximum Gasteiger partial charge on any atom is 0.363 e. The molecule has 2 heterocycles. The van der Waals surface area contributed by atoms with Crippen molar-refractivity contribution in [3.8, 4) is 11.3 Å². The van der Waals surface area contributed by atoms with Crippen LogP contribution in [0.25, 0.3) is 17.4 Å². The van der Waals surface area contributed by atoms with Crippen molar-refractivity contribution >= 4 is 56.5 Å². The van der Waals surface area contributed by atoms with Crippen molar-refractivity contribution in [3.05, 3.63) is 85.7 Å². The second-order valence-corrected chi connectivity index (χ2v) is 7.62. The Hall–Kier alpha value is -2.19. The van der Waals surface area contributed by atoms with E-state index in [1.54, 1.807) is 12.1 Å². The summed E-state index contributed by atoms with van der Waals surface area (Å²) in [5, 5.41) is 0. The summed E-state index contributed by atoms with van der Waals surface area (Å²) in [6.07, 6.45) is 1.59. The molecule has 6 heteroatoms. The molecule has 1 aliphatic heterocycles. The predicted molar refractivity (Wildman–Crippen MR) is 112 cm³/mol. The van der Waals surface area contributed by atoms with Crippen molar-refractivity contribution in [1.82, 2.24) is 0 Å². The van der Waals surface area contributed by atoms with Crippen LogP contribution in [0.1, 0.15) is 11.3 Å². The normalized spacial score (nSPS) is 15.2. The molecule has 0 saturated heterocycles. The van der Waals surface area contributed by atoms with Crippen molar-refractivity contribution in [3.63, 3.8) is 0 Å². The van der Waals surface area contributed by atoms with E-state index in [1.807, 2.05) is 54.6 Å². The third-order valence-corrected chi connectivity index (χ3v) is 5.17. The summed E-state index contributed by atoms with van der Waals surface area (Å²) in [5.74, 6) is 1.05. The number of cyclic esters (lactones) is 1. The summed E-state index contributed by atoms with van der Waals surface area (Å²) >= 11 is 5.69. The number of rotatable bonds is 3. The van der Waals surface area contributed by atoms with Gasteiger partial charge < -0.3 is 9.15 Å². The van der Waals surface area contributed by atoms with Crippen LogP contribution in [0.3, 0.4) is 0 Å². The van der Waals surface area contributed by atoms with Gasteiger partial charge in [-0.3, -0.25) is 0 Å². The molecule has 1 aliphatic rings. The Balaban J connectivity index is 1.63. The topological polar surface area (TPSA) is 51.8 Å². The third kappa shape index (κ3) is 3.52. The maximum absolute atomic E-state index is 12.1. The maximum atomic E-state index is 12.1. The summed E-state index contributed by atoms with van der Waals surface area (Å²) < 4.78 is 13.1. The third-order valence-electron chi connectivity index (χ3n) is 3.76. The first-order chi connectivity index (χ1) is 12.6. The Morgan fingerprint density at radius 3 is 2.54 bits per heavy atom. The zero-order valence-electron chi connectivity index (χ0n) is 13.3. The lowest BCUT2D eigenvalue weighted by Gasteiger charge is -2.01. The minimum atomic E-state index is -0.497. The fraction of sp³-hybridized carbons (Fsp3) is 0. The summed E-state index contributed by atoms with van der Waals surface area (Å²) in [6.45, 7) is 0. The van der Waals surface area contributed by atoms with Crippen LogP contribution in [-0.4, -0.2) is 11.9 Å². The average molecular weight is 520 g/mol. The van der Waals surface area contributed by atoms with Crippen LogP contribution in [0.15, 0.2) is 80.2 Å². The molecule has 128 valence electrons. The van der Waals surface area contributed by atoms with Crippen molar-refractivity contribution in [2.24, 2.45) is 4.99 Å². The Morgan fingerprint density at radius 1 is 1.00 bits per heavy atom. The molecule has 0 N–H and O–H groups in total. The van der Waals surface area contributed by atoms with Crippen LogP contribution in [0.2, 0.25) is 0 Å². The van der Waals surface area contributed by atoms with Crippen molar-refractivity contribution in [1.29, 1.82) is 0 Å². The number of furan rings is 1. The van der Waals surface area contributed by atoms with E-state index in [0.717, 1.165) is 24.9 Å². The second kappa shape index (κ2) is 7.20. The summed E-state index contributed by atoms with van der Waals surface area (Å²) in [6, 6.07) is 19.1. The first kappa shape index (κ1) is 17.2. The van der Waals surface area contributed by atoms with Crippen molar-refractivity contribution < 1.29 is 13.9 Å². The SMILES string of the molecule is O=C1OC(c2ccccc2Br)=NC1=Cc1ccc(-c2ccc(I)cc2)o1. The van der Waals surface area contributed by atoms with E-state index in [9.17, 15) is 4.79 Å². The Bertz CT molecular complexity index is 1050. The molecule has 1 aromatic heterocycles. The van der Waals surface area contributed by atoms with Crippen LogP contribution < -0.4 is 0 Å². The highest BCUT2D eigenvalue weighted by molar-refractivity contribution is 14.1. The molecule has 0 amide bonds. The van der Waals surface area contributed by atoms with Gasteiger partial charge in [0.2, 0.25) is 5.90 Å².